The summed E-state index contributed by atoms with van der Waals surface area (Å²) < 4.78 is 23.2. The molecule has 0 bridgehead atoms. The second-order valence-electron chi connectivity index (χ2n) is 5.42. The molecule has 1 aromatic heterocycles. The fraction of sp³-hybridized carbons (Fsp3) is 0.188. The number of rotatable bonds is 8. The highest BCUT2D eigenvalue weighted by Crippen LogP contribution is 2.20. The fourth-order valence-corrected chi connectivity index (χ4v) is 3.94. The molecule has 2 rings (SSSR count). The molecular formula is C16H19ClN3O3S2+. The van der Waals surface area contributed by atoms with Gasteiger partial charge in [0.25, 0.3) is 5.91 Å². The second-order valence-corrected chi connectivity index (χ2v) is 8.78. The molecule has 0 aliphatic carbocycles. The van der Waals surface area contributed by atoms with Gasteiger partial charge in [-0.2, -0.15) is 0 Å². The quantitative estimate of drug-likeness (QED) is 0.582. The summed E-state index contributed by atoms with van der Waals surface area (Å²) in [5.74, 6) is -0.178. The van der Waals surface area contributed by atoms with Crippen LogP contribution in [0.3, 0.4) is 0 Å². The Labute approximate surface area is 156 Å². The van der Waals surface area contributed by atoms with Crippen LogP contribution in [-0.4, -0.2) is 27.4 Å². The Hall–Kier alpha value is -1.71. The summed E-state index contributed by atoms with van der Waals surface area (Å²) in [7, 11) is -3.74. The predicted octanol–water partition coefficient (Wildman–Crippen LogP) is 1.26. The minimum absolute atomic E-state index is 0.000943. The van der Waals surface area contributed by atoms with Gasteiger partial charge >= 0.3 is 0 Å². The van der Waals surface area contributed by atoms with Gasteiger partial charge in [0.1, 0.15) is 6.54 Å². The van der Waals surface area contributed by atoms with Crippen LogP contribution in [0.1, 0.15) is 4.88 Å². The van der Waals surface area contributed by atoms with Crippen LogP contribution in [-0.2, 0) is 21.4 Å². The van der Waals surface area contributed by atoms with Gasteiger partial charge in [0.05, 0.1) is 20.7 Å². The molecule has 1 atom stereocenters. The molecule has 0 aliphatic heterocycles. The molecule has 0 radical (unpaired) electrons. The molecule has 0 fully saturated rings. The van der Waals surface area contributed by atoms with Crippen LogP contribution >= 0.6 is 22.9 Å². The van der Waals surface area contributed by atoms with Crippen molar-refractivity contribution in [3.05, 3.63) is 58.3 Å². The lowest BCUT2D eigenvalue weighted by Crippen LogP contribution is -3.11. The first-order chi connectivity index (χ1) is 11.8. The van der Waals surface area contributed by atoms with Crippen molar-refractivity contribution in [2.24, 2.45) is 5.14 Å². The number of sulfonamides is 1. The van der Waals surface area contributed by atoms with E-state index < -0.39 is 10.0 Å². The Morgan fingerprint density at radius 2 is 1.96 bits per heavy atom. The molecule has 0 spiro atoms. The van der Waals surface area contributed by atoms with Crippen molar-refractivity contribution in [2.75, 3.05) is 18.4 Å². The van der Waals surface area contributed by atoms with Gasteiger partial charge in [-0.25, -0.2) is 13.6 Å². The van der Waals surface area contributed by atoms with Crippen LogP contribution in [0.5, 0.6) is 0 Å². The molecular weight excluding hydrogens is 382 g/mol. The number of nitrogens with two attached hydrogens (primary N) is 1. The number of quaternary nitrogens is 1. The zero-order valence-electron chi connectivity index (χ0n) is 13.4. The third-order valence-corrected chi connectivity index (χ3v) is 5.52. The van der Waals surface area contributed by atoms with E-state index in [9.17, 15) is 13.2 Å². The molecule has 0 saturated carbocycles. The van der Waals surface area contributed by atoms with E-state index in [0.717, 1.165) is 9.78 Å². The lowest BCUT2D eigenvalue weighted by atomic mass is 10.3. The van der Waals surface area contributed by atoms with E-state index in [1.807, 2.05) is 12.1 Å². The Kier molecular flexibility index (Phi) is 6.74. The highest BCUT2D eigenvalue weighted by molar-refractivity contribution is 7.89. The van der Waals surface area contributed by atoms with Crippen LogP contribution in [0.25, 0.3) is 0 Å². The van der Waals surface area contributed by atoms with Crippen molar-refractivity contribution in [3.63, 3.8) is 0 Å². The van der Waals surface area contributed by atoms with E-state index in [1.54, 1.807) is 6.08 Å². The van der Waals surface area contributed by atoms with Crippen molar-refractivity contribution in [3.8, 4) is 0 Å². The van der Waals surface area contributed by atoms with Crippen molar-refractivity contribution >= 4 is 44.6 Å². The summed E-state index contributed by atoms with van der Waals surface area (Å²) in [6, 6.07) is 9.49. The van der Waals surface area contributed by atoms with Crippen LogP contribution < -0.4 is 15.4 Å². The van der Waals surface area contributed by atoms with E-state index in [2.05, 4.69) is 11.9 Å². The second kappa shape index (κ2) is 8.59. The maximum Gasteiger partial charge on any atom is 0.279 e. The Balaban J connectivity index is 1.97. The number of amides is 1. The smallest absolute Gasteiger partial charge is 0.279 e. The average molecular weight is 401 g/mol. The summed E-state index contributed by atoms with van der Waals surface area (Å²) in [4.78, 5) is 14.4. The van der Waals surface area contributed by atoms with E-state index in [0.29, 0.717) is 23.1 Å². The number of thiophene rings is 1. The number of halogens is 1. The molecule has 4 N–H and O–H groups in total. The minimum Gasteiger partial charge on any atom is -0.321 e. The van der Waals surface area contributed by atoms with Crippen molar-refractivity contribution < 1.29 is 18.1 Å². The third kappa shape index (κ3) is 6.26. The summed E-state index contributed by atoms with van der Waals surface area (Å²) >= 11 is 7.42. The molecule has 2 aromatic rings. The first kappa shape index (κ1) is 19.6. The van der Waals surface area contributed by atoms with Gasteiger partial charge in [0.15, 0.2) is 6.54 Å². The highest BCUT2D eigenvalue weighted by Gasteiger charge is 2.15. The van der Waals surface area contributed by atoms with Crippen LogP contribution in [0.2, 0.25) is 4.34 Å². The van der Waals surface area contributed by atoms with E-state index in [4.69, 9.17) is 16.7 Å². The first-order valence-electron chi connectivity index (χ1n) is 7.39. The number of carbonyl (C=O) groups is 1. The summed E-state index contributed by atoms with van der Waals surface area (Å²) in [6.45, 7) is 5.28. The number of benzene rings is 1. The largest absolute Gasteiger partial charge is 0.321 e. The molecule has 1 unspecified atom stereocenters. The molecule has 6 nitrogen and oxygen atoms in total. The lowest BCUT2D eigenvalue weighted by Gasteiger charge is -2.16. The number of nitrogens with one attached hydrogen (secondary N) is 2. The van der Waals surface area contributed by atoms with Gasteiger partial charge in [-0.15, -0.1) is 11.3 Å². The topological polar surface area (TPSA) is 93.7 Å². The van der Waals surface area contributed by atoms with Crippen LogP contribution in [0.4, 0.5) is 5.69 Å². The lowest BCUT2D eigenvalue weighted by molar-refractivity contribution is -0.899. The third-order valence-electron chi connectivity index (χ3n) is 3.36. The standard InChI is InChI=1S/C16H18ClN3O3S2/c1-2-9-20(10-13-5-8-15(17)24-13)11-16(21)19-12-3-6-14(7-4-12)25(18,22)23/h2-8H,1,9-11H2,(H,19,21)(H2,18,22,23)/p+1. The number of hydrogen-bond donors (Lipinski definition) is 3. The van der Waals surface area contributed by atoms with Crippen molar-refractivity contribution in [2.45, 2.75) is 11.4 Å². The highest BCUT2D eigenvalue weighted by atomic mass is 35.5. The zero-order chi connectivity index (χ0) is 18.4. The Bertz CT molecular complexity index is 848. The summed E-state index contributed by atoms with van der Waals surface area (Å²) in [5, 5.41) is 7.79. The molecule has 0 saturated heterocycles. The molecule has 0 aliphatic rings. The molecule has 1 aromatic carbocycles. The minimum atomic E-state index is -3.74. The number of hydrogen-bond acceptors (Lipinski definition) is 4. The van der Waals surface area contributed by atoms with Crippen LogP contribution in [0, 0.1) is 0 Å². The van der Waals surface area contributed by atoms with Gasteiger partial charge in [-0.3, -0.25) is 4.79 Å². The first-order valence-corrected chi connectivity index (χ1v) is 10.1. The molecule has 9 heteroatoms. The van der Waals surface area contributed by atoms with Gasteiger partial charge in [0.2, 0.25) is 10.0 Å². The Morgan fingerprint density at radius 3 is 2.48 bits per heavy atom. The van der Waals surface area contributed by atoms with Crippen LogP contribution in [0.15, 0.2) is 53.9 Å². The van der Waals surface area contributed by atoms with Crippen molar-refractivity contribution in [1.82, 2.24) is 0 Å². The number of primary sulfonamides is 1. The molecule has 134 valence electrons. The van der Waals surface area contributed by atoms with Crippen molar-refractivity contribution in [1.29, 1.82) is 0 Å². The van der Waals surface area contributed by atoms with Gasteiger partial charge in [-0.1, -0.05) is 18.2 Å². The SMILES string of the molecule is C=CC[NH+](CC(=O)Nc1ccc(S(N)(=O)=O)cc1)Cc1ccc(Cl)s1. The molecule has 1 amide bonds. The fourth-order valence-electron chi connectivity index (χ4n) is 2.26. The maximum atomic E-state index is 12.2. The molecule has 1 heterocycles. The Morgan fingerprint density at radius 1 is 1.28 bits per heavy atom. The summed E-state index contributed by atoms with van der Waals surface area (Å²) in [5.41, 5.74) is 0.509. The monoisotopic (exact) mass is 400 g/mol. The summed E-state index contributed by atoms with van der Waals surface area (Å²) in [6.07, 6.45) is 1.76. The van der Waals surface area contributed by atoms with Gasteiger partial charge in [0, 0.05) is 5.69 Å². The van der Waals surface area contributed by atoms with Gasteiger partial charge in [-0.05, 0) is 42.5 Å². The zero-order valence-corrected chi connectivity index (χ0v) is 15.8. The average Bonchev–Trinajstić information content (AvgIpc) is 2.92. The number of anilines is 1. The van der Waals surface area contributed by atoms with E-state index in [-0.39, 0.29) is 17.3 Å². The van der Waals surface area contributed by atoms with E-state index >= 15 is 0 Å². The number of carbonyl (C=O) groups excluding carboxylic acids is 1. The predicted molar refractivity (Wildman–Crippen MR) is 100 cm³/mol. The maximum absolute atomic E-state index is 12.2. The molecule has 25 heavy (non-hydrogen) atoms. The van der Waals surface area contributed by atoms with Gasteiger partial charge < -0.3 is 10.2 Å². The normalized spacial score (nSPS) is 12.6. The van der Waals surface area contributed by atoms with E-state index in [1.165, 1.54) is 35.6 Å².